The zero-order chi connectivity index (χ0) is 14.1. The second kappa shape index (κ2) is 8.25. The van der Waals surface area contributed by atoms with Gasteiger partial charge in [-0.1, -0.05) is 6.92 Å². The summed E-state index contributed by atoms with van der Waals surface area (Å²) in [5.41, 5.74) is 0. The molecule has 0 aliphatic rings. The van der Waals surface area contributed by atoms with Crippen LogP contribution in [0.4, 0.5) is 11.6 Å². The largest absolute Gasteiger partial charge is 0.468 e. The standard InChI is InChI=1S/C12H20N4O3/c1-4-5-13-9-6-10(14-7-12(17)19-3)16-11(15-9)8-18-2/h6H,4-5,7-8H2,1-3H3,(H2,13,14,15,16). The van der Waals surface area contributed by atoms with Gasteiger partial charge in [-0.05, 0) is 6.42 Å². The SMILES string of the molecule is CCCNc1cc(NCC(=O)OC)nc(COC)n1. The fourth-order valence-corrected chi connectivity index (χ4v) is 1.36. The molecule has 0 radical (unpaired) electrons. The van der Waals surface area contributed by atoms with E-state index < -0.39 is 0 Å². The molecule has 2 N–H and O–H groups in total. The van der Waals surface area contributed by atoms with E-state index in [0.29, 0.717) is 24.1 Å². The number of ether oxygens (including phenoxy) is 2. The van der Waals surface area contributed by atoms with Crippen LogP contribution in [0.25, 0.3) is 0 Å². The average molecular weight is 268 g/mol. The lowest BCUT2D eigenvalue weighted by Crippen LogP contribution is -2.17. The van der Waals surface area contributed by atoms with Gasteiger partial charge in [0.05, 0.1) is 7.11 Å². The monoisotopic (exact) mass is 268 g/mol. The number of carbonyl (C=O) groups excluding carboxylic acids is 1. The Balaban J connectivity index is 2.76. The number of nitrogens with zero attached hydrogens (tertiary/aromatic N) is 2. The van der Waals surface area contributed by atoms with Crippen LogP contribution in [0.3, 0.4) is 0 Å². The number of hydrogen-bond acceptors (Lipinski definition) is 7. The number of methoxy groups -OCH3 is 2. The molecule has 7 nitrogen and oxygen atoms in total. The minimum atomic E-state index is -0.352. The first-order chi connectivity index (χ1) is 9.19. The summed E-state index contributed by atoms with van der Waals surface area (Å²) in [5.74, 6) is 1.47. The van der Waals surface area contributed by atoms with Gasteiger partial charge in [0.25, 0.3) is 0 Å². The third kappa shape index (κ3) is 5.52. The molecule has 0 fully saturated rings. The quantitative estimate of drug-likeness (QED) is 0.681. The Labute approximate surface area is 112 Å². The van der Waals surface area contributed by atoms with E-state index in [-0.39, 0.29) is 12.5 Å². The fourth-order valence-electron chi connectivity index (χ4n) is 1.36. The first kappa shape index (κ1) is 15.2. The lowest BCUT2D eigenvalue weighted by molar-refractivity contribution is -0.138. The second-order valence-electron chi connectivity index (χ2n) is 3.84. The maximum Gasteiger partial charge on any atom is 0.325 e. The molecule has 0 aliphatic heterocycles. The smallest absolute Gasteiger partial charge is 0.325 e. The summed E-state index contributed by atoms with van der Waals surface area (Å²) in [6, 6.07) is 1.75. The van der Waals surface area contributed by atoms with Gasteiger partial charge in [-0.25, -0.2) is 9.97 Å². The number of hydrogen-bond donors (Lipinski definition) is 2. The van der Waals surface area contributed by atoms with Gasteiger partial charge >= 0.3 is 5.97 Å². The summed E-state index contributed by atoms with van der Waals surface area (Å²) in [7, 11) is 2.92. The molecule has 0 aliphatic carbocycles. The van der Waals surface area contributed by atoms with Crippen LogP contribution in [0.15, 0.2) is 6.07 Å². The Kier molecular flexibility index (Phi) is 6.59. The van der Waals surface area contributed by atoms with Crippen molar-refractivity contribution in [2.45, 2.75) is 20.0 Å². The molecule has 0 bridgehead atoms. The van der Waals surface area contributed by atoms with E-state index in [1.54, 1.807) is 13.2 Å². The minimum Gasteiger partial charge on any atom is -0.468 e. The van der Waals surface area contributed by atoms with E-state index in [1.807, 2.05) is 0 Å². The Morgan fingerprint density at radius 3 is 2.53 bits per heavy atom. The molecule has 0 aromatic carbocycles. The van der Waals surface area contributed by atoms with Gasteiger partial charge in [0, 0.05) is 19.7 Å². The van der Waals surface area contributed by atoms with Gasteiger partial charge < -0.3 is 20.1 Å². The van der Waals surface area contributed by atoms with Crippen molar-refractivity contribution in [1.29, 1.82) is 0 Å². The fraction of sp³-hybridized carbons (Fsp3) is 0.583. The molecule has 7 heteroatoms. The van der Waals surface area contributed by atoms with Gasteiger partial charge in [0.15, 0.2) is 5.82 Å². The van der Waals surface area contributed by atoms with E-state index in [4.69, 9.17) is 4.74 Å². The van der Waals surface area contributed by atoms with E-state index in [2.05, 4.69) is 32.3 Å². The highest BCUT2D eigenvalue weighted by molar-refractivity contribution is 5.74. The highest BCUT2D eigenvalue weighted by atomic mass is 16.5. The zero-order valence-corrected chi connectivity index (χ0v) is 11.5. The molecule has 0 spiro atoms. The summed E-state index contributed by atoms with van der Waals surface area (Å²) >= 11 is 0. The first-order valence-corrected chi connectivity index (χ1v) is 6.11. The van der Waals surface area contributed by atoms with Crippen molar-refractivity contribution in [1.82, 2.24) is 9.97 Å². The number of aromatic nitrogens is 2. The number of nitrogens with one attached hydrogen (secondary N) is 2. The molecule has 0 atom stereocenters. The topological polar surface area (TPSA) is 85.4 Å². The van der Waals surface area contributed by atoms with Crippen molar-refractivity contribution in [2.75, 3.05) is 37.9 Å². The Hall–Kier alpha value is -1.89. The van der Waals surface area contributed by atoms with Gasteiger partial charge in [-0.3, -0.25) is 4.79 Å². The maximum absolute atomic E-state index is 11.1. The van der Waals surface area contributed by atoms with Crippen LogP contribution >= 0.6 is 0 Å². The van der Waals surface area contributed by atoms with Crippen molar-refractivity contribution in [3.8, 4) is 0 Å². The van der Waals surface area contributed by atoms with Crippen LogP contribution < -0.4 is 10.6 Å². The summed E-state index contributed by atoms with van der Waals surface area (Å²) in [6.07, 6.45) is 0.995. The van der Waals surface area contributed by atoms with Gasteiger partial charge in [-0.2, -0.15) is 0 Å². The summed E-state index contributed by atoms with van der Waals surface area (Å²) in [6.45, 7) is 3.27. The van der Waals surface area contributed by atoms with Gasteiger partial charge in [0.2, 0.25) is 0 Å². The molecule has 0 amide bonds. The molecule has 1 aromatic heterocycles. The Bertz CT molecular complexity index is 412. The number of rotatable bonds is 8. The van der Waals surface area contributed by atoms with Crippen LogP contribution in [-0.4, -0.2) is 43.2 Å². The molecule has 19 heavy (non-hydrogen) atoms. The van der Waals surface area contributed by atoms with Crippen LogP contribution in [0.1, 0.15) is 19.2 Å². The Morgan fingerprint density at radius 2 is 1.95 bits per heavy atom. The zero-order valence-electron chi connectivity index (χ0n) is 11.5. The summed E-state index contributed by atoms with van der Waals surface area (Å²) < 4.78 is 9.58. The molecule has 0 unspecified atom stereocenters. The van der Waals surface area contributed by atoms with Crippen LogP contribution in [0.5, 0.6) is 0 Å². The van der Waals surface area contributed by atoms with E-state index >= 15 is 0 Å². The summed E-state index contributed by atoms with van der Waals surface area (Å²) in [5, 5.41) is 6.06. The molecule has 0 saturated carbocycles. The first-order valence-electron chi connectivity index (χ1n) is 6.11. The number of esters is 1. The normalized spacial score (nSPS) is 10.1. The van der Waals surface area contributed by atoms with E-state index in [0.717, 1.165) is 13.0 Å². The van der Waals surface area contributed by atoms with Gasteiger partial charge in [0.1, 0.15) is 24.8 Å². The molecule has 1 aromatic rings. The molecule has 106 valence electrons. The predicted octanol–water partition coefficient (Wildman–Crippen LogP) is 1.03. The highest BCUT2D eigenvalue weighted by Crippen LogP contribution is 2.12. The second-order valence-corrected chi connectivity index (χ2v) is 3.84. The maximum atomic E-state index is 11.1. The lowest BCUT2D eigenvalue weighted by atomic mass is 10.4. The van der Waals surface area contributed by atoms with Crippen LogP contribution in [0.2, 0.25) is 0 Å². The van der Waals surface area contributed by atoms with Crippen molar-refractivity contribution in [3.05, 3.63) is 11.9 Å². The van der Waals surface area contributed by atoms with Crippen molar-refractivity contribution >= 4 is 17.6 Å². The van der Waals surface area contributed by atoms with Crippen molar-refractivity contribution in [3.63, 3.8) is 0 Å². The Morgan fingerprint density at radius 1 is 1.26 bits per heavy atom. The molecular formula is C12H20N4O3. The van der Waals surface area contributed by atoms with E-state index in [9.17, 15) is 4.79 Å². The average Bonchev–Trinajstić information content (AvgIpc) is 2.42. The van der Waals surface area contributed by atoms with Crippen molar-refractivity contribution in [2.24, 2.45) is 0 Å². The molecular weight excluding hydrogens is 248 g/mol. The predicted molar refractivity (Wildman–Crippen MR) is 72.0 cm³/mol. The third-order valence-corrected chi connectivity index (χ3v) is 2.24. The summed E-state index contributed by atoms with van der Waals surface area (Å²) in [4.78, 5) is 19.6. The molecule has 1 rings (SSSR count). The van der Waals surface area contributed by atoms with Gasteiger partial charge in [-0.15, -0.1) is 0 Å². The molecule has 1 heterocycles. The third-order valence-electron chi connectivity index (χ3n) is 2.24. The lowest BCUT2D eigenvalue weighted by Gasteiger charge is -2.10. The van der Waals surface area contributed by atoms with Crippen LogP contribution in [-0.2, 0) is 20.9 Å². The molecule has 0 saturated heterocycles. The number of anilines is 2. The minimum absolute atomic E-state index is 0.0627. The van der Waals surface area contributed by atoms with E-state index in [1.165, 1.54) is 7.11 Å². The van der Waals surface area contributed by atoms with Crippen LogP contribution in [0, 0.1) is 0 Å². The van der Waals surface area contributed by atoms with Crippen molar-refractivity contribution < 1.29 is 14.3 Å². The highest BCUT2D eigenvalue weighted by Gasteiger charge is 2.06. The number of carbonyl (C=O) groups is 1.